The van der Waals surface area contributed by atoms with Crippen LogP contribution in [0, 0.1) is 5.41 Å². The smallest absolute Gasteiger partial charge is 0.193 e. The summed E-state index contributed by atoms with van der Waals surface area (Å²) in [6, 6.07) is 14.2. The minimum Gasteiger partial charge on any atom is -0.193 e. The number of hydrogen-bond donors (Lipinski definition) is 0. The van der Waals surface area contributed by atoms with E-state index in [0.717, 1.165) is 12.8 Å². The first-order chi connectivity index (χ1) is 14.3. The summed E-state index contributed by atoms with van der Waals surface area (Å²) < 4.78 is 2.60. The monoisotopic (exact) mass is 402 g/mol. The SMILES string of the molecule is CCCCCc1ccc2c(c1)C(C)(C)C1=C2C(C)(CC)C(C)(CC)[n+]2ccccc21. The van der Waals surface area contributed by atoms with Crippen LogP contribution in [0.3, 0.4) is 0 Å². The van der Waals surface area contributed by atoms with Gasteiger partial charge < -0.3 is 0 Å². The van der Waals surface area contributed by atoms with Gasteiger partial charge >= 0.3 is 0 Å². The van der Waals surface area contributed by atoms with Crippen molar-refractivity contribution in [3.63, 3.8) is 0 Å². The largest absolute Gasteiger partial charge is 0.210 e. The van der Waals surface area contributed by atoms with Crippen molar-refractivity contribution in [2.24, 2.45) is 5.41 Å². The Bertz CT molecular complexity index is 995. The highest BCUT2D eigenvalue weighted by Gasteiger charge is 2.61. The summed E-state index contributed by atoms with van der Waals surface area (Å²) in [5.74, 6) is 0. The molecular weight excluding hydrogens is 362 g/mol. The second-order valence-corrected chi connectivity index (χ2v) is 10.5. The van der Waals surface area contributed by atoms with E-state index in [1.165, 1.54) is 48.1 Å². The number of benzene rings is 1. The molecule has 2 heterocycles. The number of unbranched alkanes of at least 4 members (excludes halogenated alkanes) is 2. The van der Waals surface area contributed by atoms with Crippen LogP contribution in [0.2, 0.25) is 0 Å². The van der Waals surface area contributed by atoms with Crippen LogP contribution in [-0.4, -0.2) is 0 Å². The van der Waals surface area contributed by atoms with Crippen LogP contribution in [0.1, 0.15) is 103 Å². The van der Waals surface area contributed by atoms with E-state index >= 15 is 0 Å². The van der Waals surface area contributed by atoms with Crippen molar-refractivity contribution in [1.82, 2.24) is 0 Å². The normalized spacial score (nSPS) is 26.4. The highest BCUT2D eigenvalue weighted by molar-refractivity contribution is 6.02. The van der Waals surface area contributed by atoms with Gasteiger partial charge in [0.15, 0.2) is 11.7 Å². The van der Waals surface area contributed by atoms with E-state index in [4.69, 9.17) is 0 Å². The molecule has 0 N–H and O–H groups in total. The molecule has 30 heavy (non-hydrogen) atoms. The first-order valence-corrected chi connectivity index (χ1v) is 12.2. The van der Waals surface area contributed by atoms with E-state index < -0.39 is 0 Å². The van der Waals surface area contributed by atoms with E-state index in [0.29, 0.717) is 0 Å². The van der Waals surface area contributed by atoms with Crippen LogP contribution in [0.5, 0.6) is 0 Å². The Morgan fingerprint density at radius 3 is 2.27 bits per heavy atom. The molecule has 2 atom stereocenters. The van der Waals surface area contributed by atoms with Crippen molar-refractivity contribution < 1.29 is 4.57 Å². The molecule has 1 aromatic carbocycles. The number of fused-ring (bicyclic) bond motifs is 4. The van der Waals surface area contributed by atoms with E-state index in [9.17, 15) is 0 Å². The molecule has 2 aromatic rings. The van der Waals surface area contributed by atoms with Crippen molar-refractivity contribution in [2.75, 3.05) is 0 Å². The Hall–Kier alpha value is -1.89. The van der Waals surface area contributed by atoms with E-state index in [2.05, 4.69) is 95.6 Å². The number of hydrogen-bond acceptors (Lipinski definition) is 0. The fourth-order valence-electron chi connectivity index (χ4n) is 6.39. The minimum atomic E-state index is 0.0278. The summed E-state index contributed by atoms with van der Waals surface area (Å²) in [6.07, 6.45) is 9.69. The predicted octanol–water partition coefficient (Wildman–Crippen LogP) is 7.46. The van der Waals surface area contributed by atoms with Crippen LogP contribution in [0.4, 0.5) is 0 Å². The summed E-state index contributed by atoms with van der Waals surface area (Å²) in [5.41, 5.74) is 9.32. The lowest BCUT2D eigenvalue weighted by molar-refractivity contribution is -0.778. The van der Waals surface area contributed by atoms with Gasteiger partial charge in [-0.15, -0.1) is 0 Å². The lowest BCUT2D eigenvalue weighted by atomic mass is 9.59. The van der Waals surface area contributed by atoms with Crippen molar-refractivity contribution >= 4 is 11.1 Å². The predicted molar refractivity (Wildman–Crippen MR) is 128 cm³/mol. The molecule has 0 saturated carbocycles. The summed E-state index contributed by atoms with van der Waals surface area (Å²) >= 11 is 0. The number of allylic oxidation sites excluding steroid dienone is 2. The zero-order chi connectivity index (χ0) is 21.7. The summed E-state index contributed by atoms with van der Waals surface area (Å²) in [7, 11) is 0. The van der Waals surface area contributed by atoms with Crippen molar-refractivity contribution in [1.29, 1.82) is 0 Å². The minimum absolute atomic E-state index is 0.0278. The molecule has 0 amide bonds. The standard InChI is InChI=1S/C29H40N/c1-8-11-12-15-21-17-18-22-23(20-21)27(4,5)26-24-16-13-14-19-30(24)29(7,10-3)28(6,9-2)25(22)26/h13-14,16-20H,8-12,15H2,1-7H3/q+1. The molecular formula is C29H40N+. The Morgan fingerprint density at radius 2 is 1.60 bits per heavy atom. The van der Waals surface area contributed by atoms with Gasteiger partial charge in [0.25, 0.3) is 0 Å². The van der Waals surface area contributed by atoms with Crippen molar-refractivity contribution in [2.45, 2.75) is 97.9 Å². The molecule has 0 bridgehead atoms. The molecule has 4 rings (SSSR count). The second kappa shape index (κ2) is 7.36. The van der Waals surface area contributed by atoms with Gasteiger partial charge in [0.2, 0.25) is 5.69 Å². The third-order valence-corrected chi connectivity index (χ3v) is 8.75. The summed E-state index contributed by atoms with van der Waals surface area (Å²) in [6.45, 7) is 16.9. The Morgan fingerprint density at radius 1 is 0.833 bits per heavy atom. The maximum Gasteiger partial charge on any atom is 0.210 e. The molecule has 160 valence electrons. The molecule has 0 radical (unpaired) electrons. The molecule has 1 aliphatic heterocycles. The zero-order valence-corrected chi connectivity index (χ0v) is 20.2. The quantitative estimate of drug-likeness (QED) is 0.348. The number of aromatic nitrogens is 1. The molecule has 0 fully saturated rings. The maximum atomic E-state index is 2.60. The second-order valence-electron chi connectivity index (χ2n) is 10.5. The topological polar surface area (TPSA) is 3.88 Å². The van der Waals surface area contributed by atoms with Crippen LogP contribution in [0.25, 0.3) is 11.1 Å². The first kappa shape index (κ1) is 21.3. The molecule has 0 saturated heterocycles. The third kappa shape index (κ3) is 2.70. The van der Waals surface area contributed by atoms with Gasteiger partial charge in [-0.05, 0) is 54.5 Å². The maximum absolute atomic E-state index is 2.60. The van der Waals surface area contributed by atoms with E-state index in [-0.39, 0.29) is 16.4 Å². The van der Waals surface area contributed by atoms with Gasteiger partial charge in [0.05, 0.1) is 5.41 Å². The number of pyridine rings is 1. The number of nitrogens with zero attached hydrogens (tertiary/aromatic N) is 1. The van der Waals surface area contributed by atoms with Gasteiger partial charge in [0.1, 0.15) is 0 Å². The summed E-state index contributed by atoms with van der Waals surface area (Å²) in [5, 5.41) is 0. The fourth-order valence-corrected chi connectivity index (χ4v) is 6.39. The van der Waals surface area contributed by atoms with Crippen molar-refractivity contribution in [3.8, 4) is 0 Å². The van der Waals surface area contributed by atoms with Gasteiger partial charge in [-0.3, -0.25) is 0 Å². The molecule has 1 aliphatic carbocycles. The van der Waals surface area contributed by atoms with Crippen LogP contribution < -0.4 is 4.57 Å². The van der Waals surface area contributed by atoms with Crippen LogP contribution >= 0.6 is 0 Å². The van der Waals surface area contributed by atoms with E-state index in [1.807, 2.05) is 0 Å². The fraction of sp³-hybridized carbons (Fsp3) is 0.552. The molecule has 1 aromatic heterocycles. The Balaban J connectivity index is 1.97. The van der Waals surface area contributed by atoms with Crippen LogP contribution in [-0.2, 0) is 17.4 Å². The Labute approximate surface area is 184 Å². The molecule has 2 aliphatic rings. The molecule has 1 nitrogen and oxygen atoms in total. The highest BCUT2D eigenvalue weighted by atomic mass is 15.1. The highest BCUT2D eigenvalue weighted by Crippen LogP contribution is 2.63. The molecule has 0 spiro atoms. The van der Waals surface area contributed by atoms with Gasteiger partial charge in [-0.1, -0.05) is 65.7 Å². The molecule has 2 unspecified atom stereocenters. The van der Waals surface area contributed by atoms with E-state index in [1.54, 1.807) is 11.1 Å². The van der Waals surface area contributed by atoms with Gasteiger partial charge in [-0.25, -0.2) is 0 Å². The van der Waals surface area contributed by atoms with Crippen LogP contribution in [0.15, 0.2) is 42.6 Å². The third-order valence-electron chi connectivity index (χ3n) is 8.75. The Kier molecular flexibility index (Phi) is 5.24. The lowest BCUT2D eigenvalue weighted by Gasteiger charge is -2.47. The molecule has 1 heteroatoms. The average Bonchev–Trinajstić information content (AvgIpc) is 2.99. The zero-order valence-electron chi connectivity index (χ0n) is 20.2. The van der Waals surface area contributed by atoms with Crippen molar-refractivity contribution in [3.05, 3.63) is 65.0 Å². The first-order valence-electron chi connectivity index (χ1n) is 12.2. The number of rotatable bonds is 6. The lowest BCUT2D eigenvalue weighted by Crippen LogP contribution is -2.66. The average molecular weight is 403 g/mol. The summed E-state index contributed by atoms with van der Waals surface area (Å²) in [4.78, 5) is 0. The number of aryl methyl sites for hydroxylation is 1. The van der Waals surface area contributed by atoms with Gasteiger partial charge in [0, 0.05) is 36.5 Å². The van der Waals surface area contributed by atoms with Gasteiger partial charge in [-0.2, -0.15) is 4.57 Å².